The number of nitrogens with two attached hydrogens (primary N) is 1. The minimum Gasteiger partial charge on any atom is -0.369 e. The van der Waals surface area contributed by atoms with Gasteiger partial charge in [0.2, 0.25) is 5.95 Å². The highest BCUT2D eigenvalue weighted by Crippen LogP contribution is 2.31. The molecule has 5 heteroatoms. The van der Waals surface area contributed by atoms with Gasteiger partial charge in [-0.25, -0.2) is 4.98 Å². The number of para-hydroxylation sites is 2. The lowest BCUT2D eigenvalue weighted by atomic mass is 10.2. The van der Waals surface area contributed by atoms with Gasteiger partial charge in [0, 0.05) is 11.6 Å². The summed E-state index contributed by atoms with van der Waals surface area (Å²) in [6, 6.07) is 15.5. The largest absolute Gasteiger partial charge is 0.369 e. The van der Waals surface area contributed by atoms with Gasteiger partial charge in [0.05, 0.1) is 27.3 Å². The molecule has 0 unspecified atom stereocenters. The fraction of sp³-hybridized carbons (Fsp3) is 0. The Bertz CT molecular complexity index is 969. The molecule has 102 valence electrons. The van der Waals surface area contributed by atoms with Crippen LogP contribution in [0.3, 0.4) is 0 Å². The van der Waals surface area contributed by atoms with E-state index >= 15 is 0 Å². The van der Waals surface area contributed by atoms with Crippen molar-refractivity contribution in [3.05, 3.63) is 59.8 Å². The Hall–Kier alpha value is -2.59. The second-order valence-electron chi connectivity index (χ2n) is 4.77. The first-order valence-corrected chi connectivity index (χ1v) is 6.90. The molecule has 0 aliphatic rings. The Morgan fingerprint density at radius 1 is 1.00 bits per heavy atom. The lowest BCUT2D eigenvalue weighted by Crippen LogP contribution is -2.02. The number of imidazole rings is 1. The summed E-state index contributed by atoms with van der Waals surface area (Å²) in [5, 5.41) is 1.66. The summed E-state index contributed by atoms with van der Waals surface area (Å²) in [4.78, 5) is 8.85. The summed E-state index contributed by atoms with van der Waals surface area (Å²) in [5.41, 5.74) is 9.43. The Kier molecular flexibility index (Phi) is 2.59. The van der Waals surface area contributed by atoms with Crippen LogP contribution in [0.25, 0.3) is 27.6 Å². The fourth-order valence-corrected chi connectivity index (χ4v) is 2.87. The molecule has 4 nitrogen and oxygen atoms in total. The Morgan fingerprint density at radius 3 is 2.71 bits per heavy atom. The average molecular weight is 295 g/mol. The van der Waals surface area contributed by atoms with Crippen molar-refractivity contribution in [2.24, 2.45) is 0 Å². The zero-order valence-corrected chi connectivity index (χ0v) is 11.7. The standard InChI is InChI=1S/C16H11ClN4/c17-11-6-2-7-12-15(11)21(16(18)20-12)13-8-1-4-10-5-3-9-19-14(10)13/h1-9H,(H2,18,20). The maximum atomic E-state index is 6.34. The van der Waals surface area contributed by atoms with E-state index in [0.29, 0.717) is 11.0 Å². The van der Waals surface area contributed by atoms with Crippen LogP contribution in [0.1, 0.15) is 0 Å². The van der Waals surface area contributed by atoms with E-state index < -0.39 is 0 Å². The maximum absolute atomic E-state index is 6.34. The molecule has 0 saturated carbocycles. The minimum absolute atomic E-state index is 0.399. The van der Waals surface area contributed by atoms with Crippen molar-refractivity contribution in [2.75, 3.05) is 5.73 Å². The van der Waals surface area contributed by atoms with Gasteiger partial charge in [0.25, 0.3) is 0 Å². The molecule has 0 amide bonds. The third-order valence-corrected chi connectivity index (χ3v) is 3.81. The third kappa shape index (κ3) is 1.76. The zero-order chi connectivity index (χ0) is 14.4. The topological polar surface area (TPSA) is 56.7 Å². The van der Waals surface area contributed by atoms with Gasteiger partial charge in [0.1, 0.15) is 0 Å². The van der Waals surface area contributed by atoms with Crippen LogP contribution >= 0.6 is 11.6 Å². The van der Waals surface area contributed by atoms with Gasteiger partial charge in [0.15, 0.2) is 0 Å². The predicted octanol–water partition coefficient (Wildman–Crippen LogP) is 3.81. The first kappa shape index (κ1) is 12.2. The normalized spacial score (nSPS) is 11.3. The number of anilines is 1. The van der Waals surface area contributed by atoms with Gasteiger partial charge >= 0.3 is 0 Å². The van der Waals surface area contributed by atoms with Crippen LogP contribution in [-0.2, 0) is 0 Å². The molecule has 4 rings (SSSR count). The number of aromatic nitrogens is 3. The van der Waals surface area contributed by atoms with E-state index in [2.05, 4.69) is 9.97 Å². The third-order valence-electron chi connectivity index (χ3n) is 3.51. The lowest BCUT2D eigenvalue weighted by Gasteiger charge is -2.10. The Balaban J connectivity index is 2.17. The van der Waals surface area contributed by atoms with Gasteiger partial charge in [-0.2, -0.15) is 0 Å². The molecular weight excluding hydrogens is 284 g/mol. The highest BCUT2D eigenvalue weighted by molar-refractivity contribution is 6.35. The molecule has 0 spiro atoms. The SMILES string of the molecule is Nc1nc2cccc(Cl)c2n1-c1cccc2cccnc12. The van der Waals surface area contributed by atoms with Crippen molar-refractivity contribution < 1.29 is 0 Å². The number of benzene rings is 2. The maximum Gasteiger partial charge on any atom is 0.206 e. The lowest BCUT2D eigenvalue weighted by molar-refractivity contribution is 1.11. The smallest absolute Gasteiger partial charge is 0.206 e. The van der Waals surface area contributed by atoms with Crippen LogP contribution in [-0.4, -0.2) is 14.5 Å². The number of fused-ring (bicyclic) bond motifs is 2. The van der Waals surface area contributed by atoms with Crippen LogP contribution in [0.5, 0.6) is 0 Å². The minimum atomic E-state index is 0.399. The van der Waals surface area contributed by atoms with Crippen molar-refractivity contribution in [1.29, 1.82) is 0 Å². The number of hydrogen-bond donors (Lipinski definition) is 1. The van der Waals surface area contributed by atoms with E-state index in [4.69, 9.17) is 17.3 Å². The number of hydrogen-bond acceptors (Lipinski definition) is 3. The molecule has 0 bridgehead atoms. The first-order valence-electron chi connectivity index (χ1n) is 6.52. The number of halogens is 1. The summed E-state index contributed by atoms with van der Waals surface area (Å²) >= 11 is 6.34. The molecule has 2 heterocycles. The number of nitrogen functional groups attached to an aromatic ring is 1. The van der Waals surface area contributed by atoms with Crippen LogP contribution in [0.15, 0.2) is 54.7 Å². The number of rotatable bonds is 1. The molecule has 2 N–H and O–H groups in total. The summed E-state index contributed by atoms with van der Waals surface area (Å²) in [7, 11) is 0. The molecule has 2 aromatic heterocycles. The van der Waals surface area contributed by atoms with Crippen LogP contribution in [0.2, 0.25) is 5.02 Å². The second-order valence-corrected chi connectivity index (χ2v) is 5.17. The van der Waals surface area contributed by atoms with Gasteiger partial charge < -0.3 is 5.73 Å². The fourth-order valence-electron chi connectivity index (χ4n) is 2.62. The molecule has 4 aromatic rings. The van der Waals surface area contributed by atoms with Crippen LogP contribution in [0.4, 0.5) is 5.95 Å². The summed E-state index contributed by atoms with van der Waals surface area (Å²) in [6.07, 6.45) is 1.77. The molecule has 0 aliphatic carbocycles. The Labute approximate surface area is 125 Å². The van der Waals surface area contributed by atoms with E-state index in [1.807, 2.05) is 53.1 Å². The molecule has 2 aromatic carbocycles. The monoisotopic (exact) mass is 294 g/mol. The molecule has 21 heavy (non-hydrogen) atoms. The quantitative estimate of drug-likeness (QED) is 0.581. The molecular formula is C16H11ClN4. The molecule has 0 atom stereocenters. The summed E-state index contributed by atoms with van der Waals surface area (Å²) in [5.74, 6) is 0.399. The molecule has 0 radical (unpaired) electrons. The number of nitrogens with zero attached hydrogens (tertiary/aromatic N) is 3. The first-order chi connectivity index (χ1) is 10.3. The van der Waals surface area contributed by atoms with Gasteiger partial charge in [-0.1, -0.05) is 35.9 Å². The van der Waals surface area contributed by atoms with Crippen LogP contribution in [0, 0.1) is 0 Å². The van der Waals surface area contributed by atoms with E-state index in [0.717, 1.165) is 27.6 Å². The van der Waals surface area contributed by atoms with Crippen molar-refractivity contribution in [3.8, 4) is 5.69 Å². The zero-order valence-electron chi connectivity index (χ0n) is 11.0. The molecule has 0 aliphatic heterocycles. The predicted molar refractivity (Wildman–Crippen MR) is 85.8 cm³/mol. The summed E-state index contributed by atoms with van der Waals surface area (Å²) < 4.78 is 1.85. The highest BCUT2D eigenvalue weighted by Gasteiger charge is 2.15. The van der Waals surface area contributed by atoms with E-state index in [1.54, 1.807) is 6.20 Å². The van der Waals surface area contributed by atoms with Crippen molar-refractivity contribution in [2.45, 2.75) is 0 Å². The summed E-state index contributed by atoms with van der Waals surface area (Å²) in [6.45, 7) is 0. The van der Waals surface area contributed by atoms with E-state index in [9.17, 15) is 0 Å². The van der Waals surface area contributed by atoms with Crippen molar-refractivity contribution >= 4 is 39.5 Å². The molecule has 0 fully saturated rings. The van der Waals surface area contributed by atoms with Gasteiger partial charge in [-0.3, -0.25) is 9.55 Å². The Morgan fingerprint density at radius 2 is 1.81 bits per heavy atom. The van der Waals surface area contributed by atoms with Crippen molar-refractivity contribution in [1.82, 2.24) is 14.5 Å². The van der Waals surface area contributed by atoms with Gasteiger partial charge in [-0.05, 0) is 24.3 Å². The second kappa shape index (κ2) is 4.46. The van der Waals surface area contributed by atoms with E-state index in [1.165, 1.54) is 0 Å². The highest BCUT2D eigenvalue weighted by atomic mass is 35.5. The molecule has 0 saturated heterocycles. The van der Waals surface area contributed by atoms with Gasteiger partial charge in [-0.15, -0.1) is 0 Å². The van der Waals surface area contributed by atoms with E-state index in [-0.39, 0.29) is 0 Å². The van der Waals surface area contributed by atoms with Crippen molar-refractivity contribution in [3.63, 3.8) is 0 Å². The average Bonchev–Trinajstić information content (AvgIpc) is 2.84. The number of pyridine rings is 1. The van der Waals surface area contributed by atoms with Crippen LogP contribution < -0.4 is 5.73 Å².